The Morgan fingerprint density at radius 1 is 1.33 bits per heavy atom. The highest BCUT2D eigenvalue weighted by Crippen LogP contribution is 2.31. The minimum absolute atomic E-state index is 1.05. The SMILES string of the molecule is C=Cc1sc2c(c1C)CC=CC=C2.CC. The van der Waals surface area contributed by atoms with Crippen molar-refractivity contribution in [2.24, 2.45) is 0 Å². The van der Waals surface area contributed by atoms with Gasteiger partial charge in [-0.1, -0.05) is 44.7 Å². The van der Waals surface area contributed by atoms with Crippen molar-refractivity contribution in [1.29, 1.82) is 0 Å². The second kappa shape index (κ2) is 5.72. The Kier molecular flexibility index (Phi) is 4.57. The summed E-state index contributed by atoms with van der Waals surface area (Å²) in [5.74, 6) is 0. The van der Waals surface area contributed by atoms with Crippen LogP contribution < -0.4 is 0 Å². The predicted molar refractivity (Wildman–Crippen MR) is 72.4 cm³/mol. The summed E-state index contributed by atoms with van der Waals surface area (Å²) in [6, 6.07) is 0. The maximum absolute atomic E-state index is 3.83. The fourth-order valence-electron chi connectivity index (χ4n) is 1.58. The minimum atomic E-state index is 1.05. The zero-order valence-corrected chi connectivity index (χ0v) is 10.5. The van der Waals surface area contributed by atoms with Crippen LogP contribution in [-0.2, 0) is 6.42 Å². The monoisotopic (exact) mass is 218 g/mol. The van der Waals surface area contributed by atoms with Crippen molar-refractivity contribution in [3.8, 4) is 0 Å². The van der Waals surface area contributed by atoms with E-state index in [9.17, 15) is 0 Å². The molecule has 0 spiro atoms. The molecule has 1 heteroatoms. The Hall–Kier alpha value is -1.08. The fraction of sp³-hybridized carbons (Fsp3) is 0.286. The van der Waals surface area contributed by atoms with Crippen molar-refractivity contribution in [1.82, 2.24) is 0 Å². The lowest BCUT2D eigenvalue weighted by atomic mass is 10.1. The van der Waals surface area contributed by atoms with E-state index in [1.807, 2.05) is 31.3 Å². The molecule has 0 saturated heterocycles. The van der Waals surface area contributed by atoms with Crippen LogP contribution in [0.5, 0.6) is 0 Å². The molecule has 0 nitrogen and oxygen atoms in total. The Labute approximate surface area is 96.7 Å². The highest BCUT2D eigenvalue weighted by atomic mass is 32.1. The summed E-state index contributed by atoms with van der Waals surface area (Å²) in [7, 11) is 0. The minimum Gasteiger partial charge on any atom is -0.136 e. The van der Waals surface area contributed by atoms with Gasteiger partial charge in [0.25, 0.3) is 0 Å². The van der Waals surface area contributed by atoms with Gasteiger partial charge in [-0.2, -0.15) is 0 Å². The normalized spacial score (nSPS) is 12.5. The first-order chi connectivity index (χ1) is 7.33. The molecule has 0 N–H and O–H groups in total. The third kappa shape index (κ3) is 2.48. The summed E-state index contributed by atoms with van der Waals surface area (Å²) in [6.07, 6.45) is 11.6. The summed E-state index contributed by atoms with van der Waals surface area (Å²) < 4.78 is 0. The highest BCUT2D eigenvalue weighted by molar-refractivity contribution is 7.14. The van der Waals surface area contributed by atoms with Crippen LogP contribution in [0.1, 0.15) is 34.7 Å². The molecule has 1 aliphatic carbocycles. The van der Waals surface area contributed by atoms with Gasteiger partial charge in [0.05, 0.1) is 0 Å². The Balaban J connectivity index is 0.000000531. The van der Waals surface area contributed by atoms with Crippen LogP contribution in [-0.4, -0.2) is 0 Å². The zero-order chi connectivity index (χ0) is 11.3. The van der Waals surface area contributed by atoms with Crippen LogP contribution in [0.15, 0.2) is 24.8 Å². The van der Waals surface area contributed by atoms with Crippen LogP contribution in [0.3, 0.4) is 0 Å². The number of thiophene rings is 1. The molecular formula is C14H18S. The number of allylic oxidation sites excluding steroid dienone is 3. The largest absolute Gasteiger partial charge is 0.136 e. The van der Waals surface area contributed by atoms with Crippen LogP contribution in [0, 0.1) is 6.92 Å². The molecule has 1 aromatic heterocycles. The van der Waals surface area contributed by atoms with Crippen LogP contribution >= 0.6 is 11.3 Å². The number of fused-ring (bicyclic) bond motifs is 1. The first-order valence-electron chi connectivity index (χ1n) is 5.41. The maximum atomic E-state index is 3.83. The van der Waals surface area contributed by atoms with E-state index in [-0.39, 0.29) is 0 Å². The van der Waals surface area contributed by atoms with Gasteiger partial charge in [0.15, 0.2) is 0 Å². The van der Waals surface area contributed by atoms with Crippen molar-refractivity contribution in [2.45, 2.75) is 27.2 Å². The molecule has 15 heavy (non-hydrogen) atoms. The molecule has 1 heterocycles. The molecule has 0 unspecified atom stereocenters. The van der Waals surface area contributed by atoms with Gasteiger partial charge < -0.3 is 0 Å². The molecule has 0 amide bonds. The molecule has 2 rings (SSSR count). The van der Waals surface area contributed by atoms with E-state index in [1.54, 1.807) is 0 Å². The van der Waals surface area contributed by atoms with Crippen LogP contribution in [0.25, 0.3) is 12.2 Å². The van der Waals surface area contributed by atoms with E-state index in [0.717, 1.165) is 6.42 Å². The Morgan fingerprint density at radius 2 is 2.07 bits per heavy atom. The average Bonchev–Trinajstić information content (AvgIpc) is 2.47. The molecule has 1 aliphatic rings. The topological polar surface area (TPSA) is 0 Å². The molecule has 0 bridgehead atoms. The molecule has 0 saturated carbocycles. The van der Waals surface area contributed by atoms with Crippen molar-refractivity contribution in [3.05, 3.63) is 45.7 Å². The summed E-state index contributed by atoms with van der Waals surface area (Å²) in [5.41, 5.74) is 2.86. The van der Waals surface area contributed by atoms with Gasteiger partial charge in [0, 0.05) is 9.75 Å². The highest BCUT2D eigenvalue weighted by Gasteiger charge is 2.10. The van der Waals surface area contributed by atoms with E-state index in [4.69, 9.17) is 0 Å². The van der Waals surface area contributed by atoms with Gasteiger partial charge in [-0.05, 0) is 30.5 Å². The van der Waals surface area contributed by atoms with Gasteiger partial charge in [0.1, 0.15) is 0 Å². The second-order valence-electron chi connectivity index (χ2n) is 3.13. The molecule has 0 fully saturated rings. The molecule has 0 radical (unpaired) electrons. The summed E-state index contributed by atoms with van der Waals surface area (Å²) >= 11 is 1.83. The maximum Gasteiger partial charge on any atom is 0.0314 e. The van der Waals surface area contributed by atoms with E-state index < -0.39 is 0 Å². The zero-order valence-electron chi connectivity index (χ0n) is 9.71. The first-order valence-corrected chi connectivity index (χ1v) is 6.22. The fourth-order valence-corrected chi connectivity index (χ4v) is 2.68. The van der Waals surface area contributed by atoms with Crippen LogP contribution in [0.2, 0.25) is 0 Å². The predicted octanol–water partition coefficient (Wildman–Crippen LogP) is 4.85. The van der Waals surface area contributed by atoms with Gasteiger partial charge >= 0.3 is 0 Å². The lowest BCUT2D eigenvalue weighted by molar-refractivity contribution is 1.24. The number of hydrogen-bond acceptors (Lipinski definition) is 1. The quantitative estimate of drug-likeness (QED) is 0.632. The molecule has 0 atom stereocenters. The molecule has 1 aromatic rings. The first kappa shape index (κ1) is 12.0. The summed E-state index contributed by atoms with van der Waals surface area (Å²) in [4.78, 5) is 2.70. The molecule has 0 aliphatic heterocycles. The van der Waals surface area contributed by atoms with E-state index in [1.165, 1.54) is 20.9 Å². The Bertz CT molecular complexity index is 392. The van der Waals surface area contributed by atoms with Gasteiger partial charge in [-0.15, -0.1) is 11.3 Å². The van der Waals surface area contributed by atoms with Gasteiger partial charge in [-0.3, -0.25) is 0 Å². The number of rotatable bonds is 1. The lowest BCUT2D eigenvalue weighted by Gasteiger charge is -1.96. The van der Waals surface area contributed by atoms with Crippen molar-refractivity contribution < 1.29 is 0 Å². The third-order valence-electron chi connectivity index (χ3n) is 2.34. The average molecular weight is 218 g/mol. The third-order valence-corrected chi connectivity index (χ3v) is 3.64. The van der Waals surface area contributed by atoms with E-state index in [2.05, 4.69) is 37.8 Å². The van der Waals surface area contributed by atoms with E-state index in [0.29, 0.717) is 0 Å². The van der Waals surface area contributed by atoms with E-state index >= 15 is 0 Å². The van der Waals surface area contributed by atoms with Gasteiger partial charge in [0.2, 0.25) is 0 Å². The second-order valence-corrected chi connectivity index (χ2v) is 4.21. The summed E-state index contributed by atoms with van der Waals surface area (Å²) in [5, 5.41) is 0. The lowest BCUT2D eigenvalue weighted by Crippen LogP contribution is -1.83. The Morgan fingerprint density at radius 3 is 2.73 bits per heavy atom. The smallest absolute Gasteiger partial charge is 0.0314 e. The number of hydrogen-bond donors (Lipinski definition) is 0. The van der Waals surface area contributed by atoms with Crippen molar-refractivity contribution in [2.75, 3.05) is 0 Å². The molecule has 0 aromatic carbocycles. The standard InChI is InChI=1S/C12H12S.C2H6/c1-3-11-9(2)10-7-5-4-6-8-12(10)13-11;1-2/h3-6,8H,1,7H2,2H3;1-2H3. The van der Waals surface area contributed by atoms with Crippen molar-refractivity contribution >= 4 is 23.5 Å². The molecular weight excluding hydrogens is 200 g/mol. The molecule has 80 valence electrons. The van der Waals surface area contributed by atoms with Crippen LogP contribution in [0.4, 0.5) is 0 Å². The summed E-state index contributed by atoms with van der Waals surface area (Å²) in [6.45, 7) is 10.0. The van der Waals surface area contributed by atoms with Gasteiger partial charge in [-0.25, -0.2) is 0 Å². The van der Waals surface area contributed by atoms with Crippen molar-refractivity contribution in [3.63, 3.8) is 0 Å².